The predicted octanol–water partition coefficient (Wildman–Crippen LogP) is 3.08. The summed E-state index contributed by atoms with van der Waals surface area (Å²) in [5, 5.41) is 11.8. The first-order valence-electron chi connectivity index (χ1n) is 6.06. The summed E-state index contributed by atoms with van der Waals surface area (Å²) in [6, 6.07) is 10.6. The van der Waals surface area contributed by atoms with E-state index in [4.69, 9.17) is 16.7 Å². The van der Waals surface area contributed by atoms with Crippen molar-refractivity contribution in [1.82, 2.24) is 0 Å². The third-order valence-electron chi connectivity index (χ3n) is 2.64. The number of aliphatic hydroxyl groups excluding tert-OH is 1. The summed E-state index contributed by atoms with van der Waals surface area (Å²) in [6.45, 7) is -0.349. The van der Waals surface area contributed by atoms with Crippen LogP contribution in [0.25, 0.3) is 0 Å². The molecule has 0 atom stereocenters. The van der Waals surface area contributed by atoms with Gasteiger partial charge in [0.2, 0.25) is 0 Å². The van der Waals surface area contributed by atoms with Crippen molar-refractivity contribution in [2.75, 3.05) is 11.9 Å². The van der Waals surface area contributed by atoms with E-state index in [9.17, 15) is 9.18 Å². The van der Waals surface area contributed by atoms with Crippen LogP contribution in [0.3, 0.4) is 0 Å². The average Bonchev–Trinajstić information content (AvgIpc) is 2.48. The Morgan fingerprint density at radius 2 is 1.95 bits per heavy atom. The zero-order chi connectivity index (χ0) is 15.2. The van der Waals surface area contributed by atoms with Crippen molar-refractivity contribution in [1.29, 1.82) is 0 Å². The third kappa shape index (κ3) is 4.06. The second-order valence-electron chi connectivity index (χ2n) is 4.12. The minimum Gasteiger partial charge on any atom is -0.384 e. The van der Waals surface area contributed by atoms with Crippen LogP contribution in [0.4, 0.5) is 10.1 Å². The molecule has 2 rings (SSSR count). The molecule has 0 aromatic heterocycles. The fraction of sp³-hybridized carbons (Fsp3) is 0.0625. The second-order valence-corrected chi connectivity index (χ2v) is 4.55. The van der Waals surface area contributed by atoms with Crippen molar-refractivity contribution >= 4 is 23.2 Å². The predicted molar refractivity (Wildman–Crippen MR) is 79.8 cm³/mol. The van der Waals surface area contributed by atoms with Gasteiger partial charge in [-0.1, -0.05) is 23.4 Å². The van der Waals surface area contributed by atoms with Gasteiger partial charge in [-0.05, 0) is 42.5 Å². The van der Waals surface area contributed by atoms with Gasteiger partial charge >= 0.3 is 0 Å². The number of carbonyl (C=O) groups excluding carboxylic acids is 1. The highest BCUT2D eigenvalue weighted by Gasteiger charge is 2.09. The van der Waals surface area contributed by atoms with E-state index in [1.165, 1.54) is 12.1 Å². The monoisotopic (exact) mass is 303 g/mol. The maximum Gasteiger partial charge on any atom is 0.255 e. The molecule has 21 heavy (non-hydrogen) atoms. The van der Waals surface area contributed by atoms with E-state index < -0.39 is 11.7 Å². The highest BCUT2D eigenvalue weighted by atomic mass is 35.5. The number of rotatable bonds is 2. The maximum atomic E-state index is 13.7. The van der Waals surface area contributed by atoms with Gasteiger partial charge in [-0.15, -0.1) is 0 Å². The standard InChI is InChI=1S/C16H11ClFNO2/c17-13-5-7-14(8-6-13)19-16(21)12-4-3-11(2-1-9-20)15(18)10-12/h3-8,10,20H,9H2,(H,19,21). The number of amides is 1. The second kappa shape index (κ2) is 6.89. The van der Waals surface area contributed by atoms with E-state index in [0.717, 1.165) is 6.07 Å². The SMILES string of the molecule is O=C(Nc1ccc(Cl)cc1)c1ccc(C#CCO)c(F)c1. The van der Waals surface area contributed by atoms with Gasteiger partial charge in [0.1, 0.15) is 12.4 Å². The minimum atomic E-state index is -0.611. The van der Waals surface area contributed by atoms with Crippen LogP contribution in [-0.4, -0.2) is 17.6 Å². The van der Waals surface area contributed by atoms with E-state index in [2.05, 4.69) is 17.2 Å². The smallest absolute Gasteiger partial charge is 0.255 e. The summed E-state index contributed by atoms with van der Waals surface area (Å²) in [6.07, 6.45) is 0. The molecule has 0 bridgehead atoms. The number of aliphatic hydroxyl groups is 1. The molecule has 2 N–H and O–H groups in total. The first-order valence-corrected chi connectivity index (χ1v) is 6.44. The summed E-state index contributed by atoms with van der Waals surface area (Å²) in [5.41, 5.74) is 0.873. The van der Waals surface area contributed by atoms with Crippen molar-refractivity contribution in [2.24, 2.45) is 0 Å². The van der Waals surface area contributed by atoms with Crippen LogP contribution < -0.4 is 5.32 Å². The van der Waals surface area contributed by atoms with Gasteiger partial charge in [-0.25, -0.2) is 4.39 Å². The Labute approximate surface area is 126 Å². The average molecular weight is 304 g/mol. The largest absolute Gasteiger partial charge is 0.384 e. The molecule has 0 aliphatic carbocycles. The van der Waals surface area contributed by atoms with Gasteiger partial charge in [-0.3, -0.25) is 4.79 Å². The summed E-state index contributed by atoms with van der Waals surface area (Å²) >= 11 is 5.75. The molecule has 0 saturated carbocycles. The minimum absolute atomic E-state index is 0.132. The van der Waals surface area contributed by atoms with Crippen molar-refractivity contribution in [3.05, 3.63) is 64.4 Å². The van der Waals surface area contributed by atoms with Gasteiger partial charge in [0, 0.05) is 16.3 Å². The Bertz CT molecular complexity index is 717. The molecular formula is C16H11ClFNO2. The van der Waals surface area contributed by atoms with Crippen molar-refractivity contribution in [2.45, 2.75) is 0 Å². The Hall–Kier alpha value is -2.35. The molecular weight excluding hydrogens is 293 g/mol. The van der Waals surface area contributed by atoms with Gasteiger partial charge in [0.15, 0.2) is 0 Å². The molecule has 0 spiro atoms. The quantitative estimate of drug-likeness (QED) is 0.838. The first-order chi connectivity index (χ1) is 10.1. The molecule has 106 valence electrons. The molecule has 5 heteroatoms. The van der Waals surface area contributed by atoms with Gasteiger partial charge in [0.25, 0.3) is 5.91 Å². The third-order valence-corrected chi connectivity index (χ3v) is 2.89. The van der Waals surface area contributed by atoms with E-state index in [-0.39, 0.29) is 17.7 Å². The van der Waals surface area contributed by atoms with Gasteiger partial charge < -0.3 is 10.4 Å². The van der Waals surface area contributed by atoms with E-state index in [1.54, 1.807) is 24.3 Å². The number of anilines is 1. The fourth-order valence-corrected chi connectivity index (χ4v) is 1.75. The summed E-state index contributed by atoms with van der Waals surface area (Å²) in [5.74, 6) is 3.77. The normalized spacial score (nSPS) is 9.67. The van der Waals surface area contributed by atoms with Crippen LogP contribution in [0.1, 0.15) is 15.9 Å². The summed E-state index contributed by atoms with van der Waals surface area (Å²) in [7, 11) is 0. The van der Waals surface area contributed by atoms with E-state index in [0.29, 0.717) is 10.7 Å². The fourth-order valence-electron chi connectivity index (χ4n) is 1.63. The molecule has 1 amide bonds. The van der Waals surface area contributed by atoms with Crippen LogP contribution in [0, 0.1) is 17.7 Å². The Morgan fingerprint density at radius 3 is 2.57 bits per heavy atom. The lowest BCUT2D eigenvalue weighted by Gasteiger charge is -2.06. The first kappa shape index (κ1) is 15.0. The van der Waals surface area contributed by atoms with Crippen LogP contribution in [-0.2, 0) is 0 Å². The van der Waals surface area contributed by atoms with Crippen LogP contribution in [0.5, 0.6) is 0 Å². The molecule has 3 nitrogen and oxygen atoms in total. The lowest BCUT2D eigenvalue weighted by molar-refractivity contribution is 0.102. The molecule has 0 aliphatic rings. The van der Waals surface area contributed by atoms with Crippen LogP contribution >= 0.6 is 11.6 Å². The zero-order valence-electron chi connectivity index (χ0n) is 10.9. The van der Waals surface area contributed by atoms with E-state index >= 15 is 0 Å². The van der Waals surface area contributed by atoms with E-state index in [1.807, 2.05) is 0 Å². The van der Waals surface area contributed by atoms with Crippen molar-refractivity contribution in [3.63, 3.8) is 0 Å². The summed E-state index contributed by atoms with van der Waals surface area (Å²) < 4.78 is 13.7. The molecule has 0 aliphatic heterocycles. The van der Waals surface area contributed by atoms with Crippen molar-refractivity contribution < 1.29 is 14.3 Å². The molecule has 0 saturated heterocycles. The number of hydrogen-bond donors (Lipinski definition) is 2. The molecule has 2 aromatic rings. The number of benzene rings is 2. The molecule has 2 aromatic carbocycles. The highest BCUT2D eigenvalue weighted by molar-refractivity contribution is 6.30. The van der Waals surface area contributed by atoms with Gasteiger partial charge in [0.05, 0.1) is 5.56 Å². The maximum absolute atomic E-state index is 13.7. The van der Waals surface area contributed by atoms with Crippen LogP contribution in [0.15, 0.2) is 42.5 Å². The Balaban J connectivity index is 2.16. The number of halogens is 2. The number of hydrogen-bond acceptors (Lipinski definition) is 2. The molecule has 0 heterocycles. The lowest BCUT2D eigenvalue weighted by atomic mass is 10.1. The van der Waals surface area contributed by atoms with Gasteiger partial charge in [-0.2, -0.15) is 0 Å². The zero-order valence-corrected chi connectivity index (χ0v) is 11.6. The molecule has 0 fully saturated rings. The Morgan fingerprint density at radius 1 is 1.24 bits per heavy atom. The van der Waals surface area contributed by atoms with Crippen molar-refractivity contribution in [3.8, 4) is 11.8 Å². The van der Waals surface area contributed by atoms with Crippen LogP contribution in [0.2, 0.25) is 5.02 Å². The summed E-state index contributed by atoms with van der Waals surface area (Å²) in [4.78, 5) is 12.0. The number of carbonyl (C=O) groups is 1. The highest BCUT2D eigenvalue weighted by Crippen LogP contribution is 2.15. The topological polar surface area (TPSA) is 49.3 Å². The molecule has 0 radical (unpaired) electrons. The molecule has 0 unspecified atom stereocenters. The Kier molecular flexibility index (Phi) is 4.94. The number of nitrogens with one attached hydrogen (secondary N) is 1. The lowest BCUT2D eigenvalue weighted by Crippen LogP contribution is -2.12.